The zero-order chi connectivity index (χ0) is 17.2. The number of fused-ring (bicyclic) bond motifs is 1. The number of para-hydroxylation sites is 1. The van der Waals surface area contributed by atoms with Crippen molar-refractivity contribution >= 4 is 5.91 Å². The summed E-state index contributed by atoms with van der Waals surface area (Å²) in [5.41, 5.74) is 1.38. The number of hydrogen-bond donors (Lipinski definition) is 0. The van der Waals surface area contributed by atoms with Gasteiger partial charge in [0.2, 0.25) is 0 Å². The van der Waals surface area contributed by atoms with Crippen molar-refractivity contribution in [1.29, 1.82) is 0 Å². The number of ether oxygens (including phenoxy) is 1. The molecule has 1 atom stereocenters. The van der Waals surface area contributed by atoms with E-state index >= 15 is 0 Å². The first-order valence-corrected chi connectivity index (χ1v) is 8.73. The normalized spacial score (nSPS) is 20.7. The number of amides is 1. The molecule has 1 unspecified atom stereocenters. The van der Waals surface area contributed by atoms with Crippen LogP contribution in [-0.4, -0.2) is 48.5 Å². The maximum absolute atomic E-state index is 13.9. The molecule has 1 fully saturated rings. The SMILES string of the molecule is O=C(c1ccccc1F)N1CCN(C2CCOc3ccccc32)CC1. The van der Waals surface area contributed by atoms with E-state index in [0.717, 1.165) is 31.9 Å². The minimum absolute atomic E-state index is 0.160. The fraction of sp³-hybridized carbons (Fsp3) is 0.350. The lowest BCUT2D eigenvalue weighted by Crippen LogP contribution is -2.50. The Labute approximate surface area is 146 Å². The van der Waals surface area contributed by atoms with E-state index in [0.29, 0.717) is 19.1 Å². The van der Waals surface area contributed by atoms with Crippen molar-refractivity contribution < 1.29 is 13.9 Å². The highest BCUT2D eigenvalue weighted by atomic mass is 19.1. The quantitative estimate of drug-likeness (QED) is 0.842. The zero-order valence-electron chi connectivity index (χ0n) is 14.0. The molecule has 5 heteroatoms. The van der Waals surface area contributed by atoms with Crippen LogP contribution < -0.4 is 4.74 Å². The molecule has 2 aromatic carbocycles. The van der Waals surface area contributed by atoms with E-state index in [2.05, 4.69) is 11.0 Å². The van der Waals surface area contributed by atoms with E-state index < -0.39 is 5.82 Å². The third kappa shape index (κ3) is 3.12. The summed E-state index contributed by atoms with van der Waals surface area (Å²) in [6, 6.07) is 14.7. The van der Waals surface area contributed by atoms with Crippen molar-refractivity contribution in [3.63, 3.8) is 0 Å². The maximum atomic E-state index is 13.9. The molecule has 130 valence electrons. The fourth-order valence-corrected chi connectivity index (χ4v) is 3.74. The fourth-order valence-electron chi connectivity index (χ4n) is 3.74. The average molecular weight is 340 g/mol. The Kier molecular flexibility index (Phi) is 4.40. The van der Waals surface area contributed by atoms with Crippen LogP contribution in [0.15, 0.2) is 48.5 Å². The van der Waals surface area contributed by atoms with Gasteiger partial charge in [0.1, 0.15) is 11.6 Å². The van der Waals surface area contributed by atoms with Gasteiger partial charge in [0.15, 0.2) is 0 Å². The summed E-state index contributed by atoms with van der Waals surface area (Å²) in [6.07, 6.45) is 0.957. The lowest BCUT2D eigenvalue weighted by Gasteiger charge is -2.41. The number of nitrogens with zero attached hydrogens (tertiary/aromatic N) is 2. The second-order valence-corrected chi connectivity index (χ2v) is 6.50. The molecule has 2 aromatic rings. The molecule has 0 saturated carbocycles. The Balaban J connectivity index is 1.44. The number of hydrogen-bond acceptors (Lipinski definition) is 3. The Hall–Kier alpha value is -2.40. The number of benzene rings is 2. The van der Waals surface area contributed by atoms with Crippen molar-refractivity contribution in [2.45, 2.75) is 12.5 Å². The lowest BCUT2D eigenvalue weighted by molar-refractivity contribution is 0.0506. The molecular formula is C20H21FN2O2. The third-order valence-electron chi connectivity index (χ3n) is 5.07. The van der Waals surface area contributed by atoms with Gasteiger partial charge in [0.05, 0.1) is 12.2 Å². The van der Waals surface area contributed by atoms with Crippen LogP contribution in [0, 0.1) is 5.82 Å². The maximum Gasteiger partial charge on any atom is 0.256 e. The van der Waals surface area contributed by atoms with Gasteiger partial charge in [-0.05, 0) is 18.2 Å². The van der Waals surface area contributed by atoms with Crippen molar-refractivity contribution in [2.24, 2.45) is 0 Å². The first-order chi connectivity index (χ1) is 12.2. The molecular weight excluding hydrogens is 319 g/mol. The van der Waals surface area contributed by atoms with Crippen LogP contribution in [0.1, 0.15) is 28.4 Å². The first-order valence-electron chi connectivity index (χ1n) is 8.73. The second-order valence-electron chi connectivity index (χ2n) is 6.50. The monoisotopic (exact) mass is 340 g/mol. The smallest absolute Gasteiger partial charge is 0.256 e. The van der Waals surface area contributed by atoms with Crippen molar-refractivity contribution in [2.75, 3.05) is 32.8 Å². The Bertz CT molecular complexity index is 772. The van der Waals surface area contributed by atoms with Crippen LogP contribution in [-0.2, 0) is 0 Å². The van der Waals surface area contributed by atoms with Crippen LogP contribution in [0.25, 0.3) is 0 Å². The van der Waals surface area contributed by atoms with E-state index in [9.17, 15) is 9.18 Å². The van der Waals surface area contributed by atoms with Crippen molar-refractivity contribution in [3.05, 3.63) is 65.5 Å². The molecule has 0 N–H and O–H groups in total. The number of carbonyl (C=O) groups is 1. The predicted molar refractivity (Wildman–Crippen MR) is 93.2 cm³/mol. The number of carbonyl (C=O) groups excluding carboxylic acids is 1. The van der Waals surface area contributed by atoms with Gasteiger partial charge in [0.25, 0.3) is 5.91 Å². The molecule has 4 rings (SSSR count). The summed E-state index contributed by atoms with van der Waals surface area (Å²) in [6.45, 7) is 3.54. The largest absolute Gasteiger partial charge is 0.493 e. The van der Waals surface area contributed by atoms with Gasteiger partial charge in [-0.15, -0.1) is 0 Å². The van der Waals surface area contributed by atoms with Gasteiger partial charge >= 0.3 is 0 Å². The third-order valence-corrected chi connectivity index (χ3v) is 5.07. The number of halogens is 1. The molecule has 0 aliphatic carbocycles. The summed E-state index contributed by atoms with van der Waals surface area (Å²) in [7, 11) is 0. The van der Waals surface area contributed by atoms with Crippen molar-refractivity contribution in [1.82, 2.24) is 9.80 Å². The summed E-state index contributed by atoms with van der Waals surface area (Å²) >= 11 is 0. The molecule has 25 heavy (non-hydrogen) atoms. The van der Waals surface area contributed by atoms with E-state index in [-0.39, 0.29) is 11.5 Å². The van der Waals surface area contributed by atoms with E-state index in [1.165, 1.54) is 11.6 Å². The molecule has 1 saturated heterocycles. The topological polar surface area (TPSA) is 32.8 Å². The molecule has 1 amide bonds. The molecule has 2 aliphatic heterocycles. The van der Waals surface area contributed by atoms with Crippen LogP contribution in [0.2, 0.25) is 0 Å². The van der Waals surface area contributed by atoms with Gasteiger partial charge in [-0.1, -0.05) is 30.3 Å². The molecule has 0 aromatic heterocycles. The number of piperazine rings is 1. The standard InChI is InChI=1S/C20H21FN2O2/c21-17-7-3-1-5-15(17)20(24)23-12-10-22(11-13-23)18-9-14-25-19-8-4-2-6-16(18)19/h1-8,18H,9-14H2. The molecule has 2 heterocycles. The lowest BCUT2D eigenvalue weighted by atomic mass is 9.98. The summed E-state index contributed by atoms with van der Waals surface area (Å²) in [4.78, 5) is 16.7. The van der Waals surface area contributed by atoms with Gasteiger partial charge in [-0.2, -0.15) is 0 Å². The van der Waals surface area contributed by atoms with E-state index in [1.807, 2.05) is 18.2 Å². The van der Waals surface area contributed by atoms with E-state index in [4.69, 9.17) is 4.74 Å². The number of rotatable bonds is 2. The van der Waals surface area contributed by atoms with Crippen molar-refractivity contribution in [3.8, 4) is 5.75 Å². The summed E-state index contributed by atoms with van der Waals surface area (Å²) in [5, 5.41) is 0. The molecule has 4 nitrogen and oxygen atoms in total. The van der Waals surface area contributed by atoms with Crippen LogP contribution in [0.5, 0.6) is 5.75 Å². The van der Waals surface area contributed by atoms with Gasteiger partial charge in [-0.25, -0.2) is 4.39 Å². The van der Waals surface area contributed by atoms with Crippen LogP contribution in [0.3, 0.4) is 0 Å². The van der Waals surface area contributed by atoms with Crippen LogP contribution in [0.4, 0.5) is 4.39 Å². The highest BCUT2D eigenvalue weighted by molar-refractivity contribution is 5.94. The predicted octanol–water partition coefficient (Wildman–Crippen LogP) is 3.11. The summed E-state index contributed by atoms with van der Waals surface area (Å²) in [5.74, 6) is 0.294. The zero-order valence-corrected chi connectivity index (χ0v) is 14.0. The minimum Gasteiger partial charge on any atom is -0.493 e. The summed E-state index contributed by atoms with van der Waals surface area (Å²) < 4.78 is 19.6. The molecule has 2 aliphatic rings. The van der Waals surface area contributed by atoms with Gasteiger partial charge in [-0.3, -0.25) is 9.69 Å². The van der Waals surface area contributed by atoms with Gasteiger partial charge in [0, 0.05) is 44.2 Å². The first kappa shape index (κ1) is 16.1. The Morgan fingerprint density at radius 2 is 1.72 bits per heavy atom. The Morgan fingerprint density at radius 1 is 1.00 bits per heavy atom. The average Bonchev–Trinajstić information content (AvgIpc) is 2.67. The highest BCUT2D eigenvalue weighted by Crippen LogP contribution is 2.36. The van der Waals surface area contributed by atoms with E-state index in [1.54, 1.807) is 23.1 Å². The second kappa shape index (κ2) is 6.84. The Morgan fingerprint density at radius 3 is 2.52 bits per heavy atom. The van der Waals surface area contributed by atoms with Gasteiger partial charge < -0.3 is 9.64 Å². The van der Waals surface area contributed by atoms with Crippen LogP contribution >= 0.6 is 0 Å². The molecule has 0 spiro atoms. The minimum atomic E-state index is -0.451. The highest BCUT2D eigenvalue weighted by Gasteiger charge is 2.31. The molecule has 0 radical (unpaired) electrons. The molecule has 0 bridgehead atoms.